The number of hydrogen-bond donors (Lipinski definition) is 2. The van der Waals surface area contributed by atoms with Crippen molar-refractivity contribution < 1.29 is 17.9 Å². The van der Waals surface area contributed by atoms with Crippen LogP contribution in [0.5, 0.6) is 5.75 Å². The Hall–Kier alpha value is -0.830. The zero-order chi connectivity index (χ0) is 14.8. The molecule has 112 valence electrons. The number of nitrogen functional groups attached to an aromatic ring is 1. The molecule has 0 radical (unpaired) electrons. The molecular formula is C12H17BrN2O4S. The van der Waals surface area contributed by atoms with E-state index in [2.05, 4.69) is 20.7 Å². The van der Waals surface area contributed by atoms with Gasteiger partial charge in [-0.05, 0) is 40.9 Å². The molecular weight excluding hydrogens is 348 g/mol. The summed E-state index contributed by atoms with van der Waals surface area (Å²) in [4.78, 5) is 0.0483. The first-order valence-corrected chi connectivity index (χ1v) is 8.44. The second-order valence-corrected chi connectivity index (χ2v) is 7.07. The van der Waals surface area contributed by atoms with Crippen molar-refractivity contribution in [1.82, 2.24) is 4.72 Å². The molecule has 0 spiro atoms. The fraction of sp³-hybridized carbons (Fsp3) is 0.500. The summed E-state index contributed by atoms with van der Waals surface area (Å²) in [6.07, 6.45) is 1.32. The van der Waals surface area contributed by atoms with E-state index in [1.165, 1.54) is 13.2 Å². The quantitative estimate of drug-likeness (QED) is 0.790. The third-order valence-electron chi connectivity index (χ3n) is 3.12. The number of sulfonamides is 1. The maximum absolute atomic E-state index is 12.4. The topological polar surface area (TPSA) is 90.7 Å². The first kappa shape index (κ1) is 15.6. The monoisotopic (exact) mass is 364 g/mol. The van der Waals surface area contributed by atoms with E-state index < -0.39 is 10.0 Å². The Bertz CT molecular complexity index is 585. The number of rotatable bonds is 4. The molecule has 0 aromatic heterocycles. The number of ether oxygens (including phenoxy) is 2. The van der Waals surface area contributed by atoms with Gasteiger partial charge in [0.15, 0.2) is 0 Å². The molecule has 0 unspecified atom stereocenters. The highest BCUT2D eigenvalue weighted by atomic mass is 79.9. The van der Waals surface area contributed by atoms with Crippen molar-refractivity contribution in [3.63, 3.8) is 0 Å². The van der Waals surface area contributed by atoms with Gasteiger partial charge in [0.1, 0.15) is 10.6 Å². The Kier molecular flexibility index (Phi) is 4.90. The van der Waals surface area contributed by atoms with Crippen LogP contribution < -0.4 is 15.2 Å². The Morgan fingerprint density at radius 3 is 2.65 bits per heavy atom. The third-order valence-corrected chi connectivity index (χ3v) is 5.34. The second-order valence-electron chi connectivity index (χ2n) is 4.53. The van der Waals surface area contributed by atoms with Crippen LogP contribution in [0.25, 0.3) is 0 Å². The normalized spacial score (nSPS) is 17.1. The molecule has 8 heteroatoms. The molecule has 2 rings (SSSR count). The molecule has 1 saturated heterocycles. The van der Waals surface area contributed by atoms with Gasteiger partial charge in [0.2, 0.25) is 10.0 Å². The summed E-state index contributed by atoms with van der Waals surface area (Å²) < 4.78 is 38.5. The van der Waals surface area contributed by atoms with E-state index >= 15 is 0 Å². The van der Waals surface area contributed by atoms with Gasteiger partial charge in [0, 0.05) is 29.4 Å². The number of benzene rings is 1. The summed E-state index contributed by atoms with van der Waals surface area (Å²) >= 11 is 3.25. The van der Waals surface area contributed by atoms with E-state index in [-0.39, 0.29) is 16.7 Å². The van der Waals surface area contributed by atoms with Gasteiger partial charge >= 0.3 is 0 Å². The first-order chi connectivity index (χ1) is 9.44. The van der Waals surface area contributed by atoms with Crippen LogP contribution in [0.15, 0.2) is 21.5 Å². The van der Waals surface area contributed by atoms with Crippen LogP contribution in [0.3, 0.4) is 0 Å². The lowest BCUT2D eigenvalue weighted by Gasteiger charge is -2.23. The van der Waals surface area contributed by atoms with Gasteiger partial charge < -0.3 is 15.2 Å². The highest BCUT2D eigenvalue weighted by molar-refractivity contribution is 9.10. The summed E-state index contributed by atoms with van der Waals surface area (Å²) in [5.41, 5.74) is 6.10. The largest absolute Gasteiger partial charge is 0.495 e. The minimum Gasteiger partial charge on any atom is -0.495 e. The Labute approximate surface area is 126 Å². The molecule has 1 aliphatic rings. The first-order valence-electron chi connectivity index (χ1n) is 6.17. The number of anilines is 1. The van der Waals surface area contributed by atoms with Crippen LogP contribution in [0, 0.1) is 0 Å². The highest BCUT2D eigenvalue weighted by Gasteiger charge is 2.25. The van der Waals surface area contributed by atoms with Crippen LogP contribution in [-0.4, -0.2) is 34.8 Å². The average molecular weight is 365 g/mol. The molecule has 0 atom stereocenters. The van der Waals surface area contributed by atoms with Gasteiger partial charge in [-0.1, -0.05) is 0 Å². The molecule has 0 aliphatic carbocycles. The SMILES string of the molecule is COc1cc(Br)c(N)cc1S(=O)(=O)NC1CCOCC1. The standard InChI is InChI=1S/C12H17BrN2O4S/c1-18-11-6-9(13)10(14)7-12(11)20(16,17)15-8-2-4-19-5-3-8/h6-8,15H,2-5,14H2,1H3. The molecule has 1 aliphatic heterocycles. The van der Waals surface area contributed by atoms with Crippen LogP contribution in [0.2, 0.25) is 0 Å². The fourth-order valence-corrected chi connectivity index (χ4v) is 3.83. The zero-order valence-corrected chi connectivity index (χ0v) is 13.5. The maximum Gasteiger partial charge on any atom is 0.244 e. The van der Waals surface area contributed by atoms with Gasteiger partial charge in [-0.2, -0.15) is 0 Å². The summed E-state index contributed by atoms with van der Waals surface area (Å²) in [6, 6.07) is 2.82. The average Bonchev–Trinajstić information content (AvgIpc) is 2.42. The van der Waals surface area contributed by atoms with Crippen LogP contribution in [-0.2, 0) is 14.8 Å². The summed E-state index contributed by atoms with van der Waals surface area (Å²) in [6.45, 7) is 1.12. The van der Waals surface area contributed by atoms with Gasteiger partial charge in [-0.25, -0.2) is 13.1 Å². The summed E-state index contributed by atoms with van der Waals surface area (Å²) in [5.74, 6) is 0.255. The Morgan fingerprint density at radius 1 is 1.40 bits per heavy atom. The number of nitrogens with two attached hydrogens (primary N) is 1. The van der Waals surface area contributed by atoms with E-state index in [1.807, 2.05) is 0 Å². The minimum absolute atomic E-state index is 0.0483. The number of nitrogens with one attached hydrogen (secondary N) is 1. The third kappa shape index (κ3) is 3.43. The van der Waals surface area contributed by atoms with E-state index in [0.29, 0.717) is 36.2 Å². The Morgan fingerprint density at radius 2 is 2.05 bits per heavy atom. The van der Waals surface area contributed by atoms with E-state index in [9.17, 15) is 8.42 Å². The van der Waals surface area contributed by atoms with E-state index in [0.717, 1.165) is 0 Å². The smallest absolute Gasteiger partial charge is 0.244 e. The molecule has 6 nitrogen and oxygen atoms in total. The molecule has 0 bridgehead atoms. The van der Waals surface area contributed by atoms with Crippen molar-refractivity contribution in [3.8, 4) is 5.75 Å². The van der Waals surface area contributed by atoms with Crippen molar-refractivity contribution in [1.29, 1.82) is 0 Å². The summed E-state index contributed by atoms with van der Waals surface area (Å²) in [5, 5.41) is 0. The lowest BCUT2D eigenvalue weighted by molar-refractivity contribution is 0.0832. The molecule has 3 N–H and O–H groups in total. The van der Waals surface area contributed by atoms with Gasteiger partial charge in [0.25, 0.3) is 0 Å². The highest BCUT2D eigenvalue weighted by Crippen LogP contribution is 2.32. The molecule has 20 heavy (non-hydrogen) atoms. The van der Waals surface area contributed by atoms with Crippen molar-refractivity contribution in [2.45, 2.75) is 23.8 Å². The van der Waals surface area contributed by atoms with Crippen LogP contribution in [0.1, 0.15) is 12.8 Å². The summed E-state index contributed by atoms with van der Waals surface area (Å²) in [7, 11) is -2.25. The fourth-order valence-electron chi connectivity index (χ4n) is 2.02. The van der Waals surface area contributed by atoms with E-state index in [1.54, 1.807) is 6.07 Å². The van der Waals surface area contributed by atoms with Gasteiger partial charge in [-0.3, -0.25) is 0 Å². The number of halogens is 1. The number of methoxy groups -OCH3 is 1. The second kappa shape index (κ2) is 6.30. The predicted octanol–water partition coefficient (Wildman–Crippen LogP) is 1.50. The minimum atomic E-state index is -3.67. The van der Waals surface area contributed by atoms with Crippen LogP contribution >= 0.6 is 15.9 Å². The van der Waals surface area contributed by atoms with E-state index in [4.69, 9.17) is 15.2 Å². The molecule has 1 fully saturated rings. The predicted molar refractivity (Wildman–Crippen MR) is 79.3 cm³/mol. The molecule has 1 aromatic rings. The van der Waals surface area contributed by atoms with Crippen molar-refractivity contribution in [2.75, 3.05) is 26.1 Å². The van der Waals surface area contributed by atoms with Crippen LogP contribution in [0.4, 0.5) is 5.69 Å². The lowest BCUT2D eigenvalue weighted by Crippen LogP contribution is -2.39. The molecule has 0 amide bonds. The van der Waals surface area contributed by atoms with Crippen molar-refractivity contribution in [2.24, 2.45) is 0 Å². The molecule has 0 saturated carbocycles. The number of hydrogen-bond acceptors (Lipinski definition) is 5. The maximum atomic E-state index is 12.4. The molecule has 1 heterocycles. The van der Waals surface area contributed by atoms with Crippen molar-refractivity contribution >= 4 is 31.6 Å². The van der Waals surface area contributed by atoms with Crippen molar-refractivity contribution in [3.05, 3.63) is 16.6 Å². The molecule has 1 aromatic carbocycles. The lowest BCUT2D eigenvalue weighted by atomic mass is 10.1. The van der Waals surface area contributed by atoms with Gasteiger partial charge in [0.05, 0.1) is 7.11 Å². The Balaban J connectivity index is 2.30. The zero-order valence-electron chi connectivity index (χ0n) is 11.1. The van der Waals surface area contributed by atoms with Gasteiger partial charge in [-0.15, -0.1) is 0 Å².